The van der Waals surface area contributed by atoms with Gasteiger partial charge >= 0.3 is 0 Å². The Labute approximate surface area is 107 Å². The summed E-state index contributed by atoms with van der Waals surface area (Å²) < 4.78 is 2.73. The van der Waals surface area contributed by atoms with E-state index >= 15 is 0 Å². The molecule has 2 aromatic rings. The molecule has 0 saturated carbocycles. The van der Waals surface area contributed by atoms with Crippen LogP contribution < -0.4 is 5.73 Å². The molecule has 0 aliphatic heterocycles. The summed E-state index contributed by atoms with van der Waals surface area (Å²) in [5.41, 5.74) is 7.70. The molecule has 1 aromatic carbocycles. The van der Waals surface area contributed by atoms with Gasteiger partial charge in [0.05, 0.1) is 16.4 Å². The summed E-state index contributed by atoms with van der Waals surface area (Å²) in [6.45, 7) is 0.608. The largest absolute Gasteiger partial charge is 0.330 e. The summed E-state index contributed by atoms with van der Waals surface area (Å²) in [4.78, 5) is 0. The predicted octanol–water partition coefficient (Wildman–Crippen LogP) is 2.79. The quantitative estimate of drug-likeness (QED) is 0.947. The lowest BCUT2D eigenvalue weighted by Gasteiger charge is -2.09. The van der Waals surface area contributed by atoms with E-state index in [1.54, 1.807) is 10.9 Å². The summed E-state index contributed by atoms with van der Waals surface area (Å²) in [6.07, 6.45) is 4.45. The lowest BCUT2D eigenvalue weighted by Crippen LogP contribution is -2.07. The summed E-state index contributed by atoms with van der Waals surface area (Å²) in [5, 5.41) is 4.94. The molecule has 1 aromatic heterocycles. The number of halogens is 2. The van der Waals surface area contributed by atoms with Crippen LogP contribution in [0.25, 0.3) is 5.69 Å². The fraction of sp³-hybridized carbons (Fsp3) is 0.182. The highest BCUT2D eigenvalue weighted by Crippen LogP contribution is 2.21. The minimum Gasteiger partial charge on any atom is -0.330 e. The average Bonchev–Trinajstić information content (AvgIpc) is 2.68. The van der Waals surface area contributed by atoms with Crippen LogP contribution in [0.1, 0.15) is 5.56 Å². The van der Waals surface area contributed by atoms with Crippen molar-refractivity contribution in [3.05, 3.63) is 45.7 Å². The fourth-order valence-electron chi connectivity index (χ4n) is 1.55. The van der Waals surface area contributed by atoms with Crippen LogP contribution in [-0.4, -0.2) is 16.3 Å². The van der Waals surface area contributed by atoms with Crippen LogP contribution in [0, 0.1) is 0 Å². The third-order valence-electron chi connectivity index (χ3n) is 2.26. The van der Waals surface area contributed by atoms with E-state index in [1.165, 1.54) is 0 Å². The first-order valence-corrected chi connectivity index (χ1v) is 6.07. The number of rotatable bonds is 3. The molecule has 0 aliphatic rings. The minimum absolute atomic E-state index is 0.608. The summed E-state index contributed by atoms with van der Waals surface area (Å²) in [5.74, 6) is 0. The highest BCUT2D eigenvalue weighted by molar-refractivity contribution is 9.10. The van der Waals surface area contributed by atoms with Crippen LogP contribution in [0.4, 0.5) is 0 Å². The summed E-state index contributed by atoms with van der Waals surface area (Å²) in [7, 11) is 0. The van der Waals surface area contributed by atoms with Crippen LogP contribution in [-0.2, 0) is 6.42 Å². The molecule has 2 rings (SSSR count). The van der Waals surface area contributed by atoms with Gasteiger partial charge in [-0.2, -0.15) is 5.10 Å². The van der Waals surface area contributed by atoms with Crippen molar-refractivity contribution >= 4 is 27.5 Å². The molecule has 16 heavy (non-hydrogen) atoms. The number of hydrogen-bond acceptors (Lipinski definition) is 2. The number of hydrogen-bond donors (Lipinski definition) is 1. The van der Waals surface area contributed by atoms with Gasteiger partial charge in [-0.25, -0.2) is 4.68 Å². The van der Waals surface area contributed by atoms with E-state index in [2.05, 4.69) is 21.0 Å². The maximum atomic E-state index is 5.99. The van der Waals surface area contributed by atoms with Crippen LogP contribution >= 0.6 is 27.5 Å². The Morgan fingerprint density at radius 3 is 2.88 bits per heavy atom. The first-order valence-electron chi connectivity index (χ1n) is 4.90. The van der Waals surface area contributed by atoms with Crippen molar-refractivity contribution in [3.63, 3.8) is 0 Å². The smallest absolute Gasteiger partial charge is 0.0693 e. The Hall–Kier alpha value is -0.840. The molecule has 0 spiro atoms. The van der Waals surface area contributed by atoms with Crippen LogP contribution in [0.3, 0.4) is 0 Å². The highest BCUT2D eigenvalue weighted by Gasteiger charge is 2.06. The molecular weight excluding hydrogens is 289 g/mol. The molecule has 1 heterocycles. The molecule has 0 atom stereocenters. The summed E-state index contributed by atoms with van der Waals surface area (Å²) in [6, 6.07) is 5.75. The molecule has 5 heteroatoms. The number of aromatic nitrogens is 2. The molecule has 0 aliphatic carbocycles. The van der Waals surface area contributed by atoms with Gasteiger partial charge in [-0.1, -0.05) is 17.7 Å². The zero-order valence-corrected chi connectivity index (χ0v) is 10.9. The van der Waals surface area contributed by atoms with Crippen molar-refractivity contribution in [3.8, 4) is 5.69 Å². The maximum Gasteiger partial charge on any atom is 0.0693 e. The number of benzene rings is 1. The van der Waals surface area contributed by atoms with Gasteiger partial charge in [0, 0.05) is 11.2 Å². The third-order valence-corrected chi connectivity index (χ3v) is 2.90. The van der Waals surface area contributed by atoms with Crippen molar-refractivity contribution in [2.24, 2.45) is 5.73 Å². The van der Waals surface area contributed by atoms with E-state index in [-0.39, 0.29) is 0 Å². The number of nitrogens with two attached hydrogens (primary N) is 1. The molecular formula is C11H11BrClN3. The normalized spacial score (nSPS) is 10.7. The average molecular weight is 301 g/mol. The van der Waals surface area contributed by atoms with E-state index in [0.717, 1.165) is 22.1 Å². The van der Waals surface area contributed by atoms with Crippen molar-refractivity contribution in [1.29, 1.82) is 0 Å². The molecule has 84 valence electrons. The Morgan fingerprint density at radius 2 is 2.25 bits per heavy atom. The van der Waals surface area contributed by atoms with Crippen LogP contribution in [0.5, 0.6) is 0 Å². The fourth-order valence-corrected chi connectivity index (χ4v) is 2.00. The second-order valence-corrected chi connectivity index (χ2v) is 4.77. The van der Waals surface area contributed by atoms with Crippen LogP contribution in [0.15, 0.2) is 35.1 Å². The summed E-state index contributed by atoms with van der Waals surface area (Å²) >= 11 is 9.36. The van der Waals surface area contributed by atoms with Gasteiger partial charge in [0.15, 0.2) is 0 Å². The molecule has 0 radical (unpaired) electrons. The minimum atomic E-state index is 0.608. The van der Waals surface area contributed by atoms with Crippen molar-refractivity contribution < 1.29 is 0 Å². The molecule has 0 amide bonds. The lowest BCUT2D eigenvalue weighted by molar-refractivity contribution is 0.850. The van der Waals surface area contributed by atoms with E-state index < -0.39 is 0 Å². The van der Waals surface area contributed by atoms with E-state index in [1.807, 2.05) is 24.4 Å². The van der Waals surface area contributed by atoms with Crippen LogP contribution in [0.2, 0.25) is 5.02 Å². The van der Waals surface area contributed by atoms with Crippen molar-refractivity contribution in [2.75, 3.05) is 6.54 Å². The van der Waals surface area contributed by atoms with Crippen molar-refractivity contribution in [2.45, 2.75) is 6.42 Å². The Kier molecular flexibility index (Phi) is 3.63. The molecule has 0 saturated heterocycles. The van der Waals surface area contributed by atoms with Gasteiger partial charge in [-0.15, -0.1) is 0 Å². The van der Waals surface area contributed by atoms with Gasteiger partial charge in [0.1, 0.15) is 0 Å². The molecule has 0 fully saturated rings. The molecule has 3 nitrogen and oxygen atoms in total. The predicted molar refractivity (Wildman–Crippen MR) is 69.0 cm³/mol. The van der Waals surface area contributed by atoms with Gasteiger partial charge in [0.2, 0.25) is 0 Å². The maximum absolute atomic E-state index is 5.99. The Morgan fingerprint density at radius 1 is 1.44 bits per heavy atom. The topological polar surface area (TPSA) is 43.8 Å². The molecule has 0 bridgehead atoms. The Bertz CT molecular complexity index is 496. The van der Waals surface area contributed by atoms with E-state index in [4.69, 9.17) is 17.3 Å². The van der Waals surface area contributed by atoms with E-state index in [9.17, 15) is 0 Å². The second-order valence-electron chi connectivity index (χ2n) is 3.41. The van der Waals surface area contributed by atoms with Crippen molar-refractivity contribution in [1.82, 2.24) is 9.78 Å². The van der Waals surface area contributed by atoms with Gasteiger partial charge < -0.3 is 5.73 Å². The molecule has 2 N–H and O–H groups in total. The zero-order valence-electron chi connectivity index (χ0n) is 8.53. The van der Waals surface area contributed by atoms with E-state index in [0.29, 0.717) is 11.6 Å². The standard InChI is InChI=1S/C11H11BrClN3/c12-9-6-15-16(7-9)11-5-10(13)2-1-8(11)3-4-14/h1-2,5-7H,3-4,14H2. The molecule has 0 unspecified atom stereocenters. The third kappa shape index (κ3) is 2.45. The van der Waals surface area contributed by atoms with Gasteiger partial charge in [-0.05, 0) is 46.6 Å². The lowest BCUT2D eigenvalue weighted by atomic mass is 10.1. The SMILES string of the molecule is NCCc1ccc(Cl)cc1-n1cc(Br)cn1. The van der Waals surface area contributed by atoms with Gasteiger partial charge in [-0.3, -0.25) is 0 Å². The first-order chi connectivity index (χ1) is 7.70. The first kappa shape index (κ1) is 11.6. The number of nitrogens with zero attached hydrogens (tertiary/aromatic N) is 2. The monoisotopic (exact) mass is 299 g/mol. The highest BCUT2D eigenvalue weighted by atomic mass is 79.9. The zero-order chi connectivity index (χ0) is 11.5. The van der Waals surface area contributed by atoms with Gasteiger partial charge in [0.25, 0.3) is 0 Å². The second kappa shape index (κ2) is 4.99. The Balaban J connectivity index is 2.48.